The zero-order valence-corrected chi connectivity index (χ0v) is 13.3. The van der Waals surface area contributed by atoms with Gasteiger partial charge in [-0.25, -0.2) is 9.37 Å². The van der Waals surface area contributed by atoms with Crippen LogP contribution in [-0.2, 0) is 0 Å². The molecular formula is C16H12FN3O3S. The third-order valence-corrected chi connectivity index (χ3v) is 4.03. The van der Waals surface area contributed by atoms with Crippen molar-refractivity contribution in [1.29, 1.82) is 0 Å². The number of benzene rings is 1. The van der Waals surface area contributed by atoms with Crippen LogP contribution in [0.25, 0.3) is 10.8 Å². The Labute approximate surface area is 140 Å². The summed E-state index contributed by atoms with van der Waals surface area (Å²) in [5.74, 6) is -0.814. The van der Waals surface area contributed by atoms with Crippen molar-refractivity contribution in [1.82, 2.24) is 4.98 Å². The van der Waals surface area contributed by atoms with E-state index in [0.717, 1.165) is 11.8 Å². The summed E-state index contributed by atoms with van der Waals surface area (Å²) in [5, 5.41) is 4.71. The summed E-state index contributed by atoms with van der Waals surface area (Å²) in [5.41, 5.74) is 5.23. The first-order valence-corrected chi connectivity index (χ1v) is 7.75. The molecule has 0 aliphatic rings. The zero-order valence-electron chi connectivity index (χ0n) is 12.5. The quantitative estimate of drug-likeness (QED) is 0.758. The van der Waals surface area contributed by atoms with Crippen LogP contribution in [0.5, 0.6) is 0 Å². The van der Waals surface area contributed by atoms with E-state index in [1.165, 1.54) is 23.5 Å². The van der Waals surface area contributed by atoms with Crippen molar-refractivity contribution in [3.63, 3.8) is 0 Å². The monoisotopic (exact) mass is 345 g/mol. The van der Waals surface area contributed by atoms with Crippen LogP contribution in [0.2, 0.25) is 0 Å². The van der Waals surface area contributed by atoms with Crippen molar-refractivity contribution < 1.29 is 18.4 Å². The summed E-state index contributed by atoms with van der Waals surface area (Å²) >= 11 is 1.27. The molecule has 0 fully saturated rings. The van der Waals surface area contributed by atoms with Gasteiger partial charge in [0.1, 0.15) is 17.3 Å². The number of hydrogen-bond acceptors (Lipinski definition) is 5. The maximum Gasteiger partial charge on any atom is 0.275 e. The minimum absolute atomic E-state index is 0.189. The molecule has 3 aromatic rings. The fourth-order valence-corrected chi connectivity index (χ4v) is 2.79. The molecule has 0 radical (unpaired) electrons. The summed E-state index contributed by atoms with van der Waals surface area (Å²) in [6.45, 7) is 1.82. The van der Waals surface area contributed by atoms with Gasteiger partial charge in [0.25, 0.3) is 11.8 Å². The number of aromatic nitrogens is 1. The highest BCUT2D eigenvalue weighted by Gasteiger charge is 2.15. The number of carbonyl (C=O) groups is 2. The topological polar surface area (TPSA) is 98.2 Å². The summed E-state index contributed by atoms with van der Waals surface area (Å²) < 4.78 is 18.9. The van der Waals surface area contributed by atoms with Gasteiger partial charge in [0.15, 0.2) is 10.8 Å². The van der Waals surface area contributed by atoms with Gasteiger partial charge >= 0.3 is 0 Å². The van der Waals surface area contributed by atoms with Crippen LogP contribution in [0.3, 0.4) is 0 Å². The zero-order chi connectivity index (χ0) is 17.3. The van der Waals surface area contributed by atoms with Crippen LogP contribution in [0.1, 0.15) is 26.6 Å². The van der Waals surface area contributed by atoms with Crippen molar-refractivity contribution in [2.24, 2.45) is 5.73 Å². The van der Waals surface area contributed by atoms with Crippen molar-refractivity contribution >= 4 is 28.8 Å². The number of thiazole rings is 1. The molecule has 6 nitrogen and oxygen atoms in total. The van der Waals surface area contributed by atoms with Crippen LogP contribution in [0.15, 0.2) is 40.1 Å². The van der Waals surface area contributed by atoms with Gasteiger partial charge in [0, 0.05) is 11.1 Å². The highest BCUT2D eigenvalue weighted by atomic mass is 32.1. The van der Waals surface area contributed by atoms with E-state index < -0.39 is 17.6 Å². The molecule has 0 aliphatic carbocycles. The first kappa shape index (κ1) is 15.9. The summed E-state index contributed by atoms with van der Waals surface area (Å²) in [4.78, 5) is 27.6. The van der Waals surface area contributed by atoms with Gasteiger partial charge < -0.3 is 15.5 Å². The molecule has 0 atom stereocenters. The number of hydrogen-bond donors (Lipinski definition) is 2. The Morgan fingerprint density at radius 1 is 1.29 bits per heavy atom. The number of carbonyl (C=O) groups excluding carboxylic acids is 2. The van der Waals surface area contributed by atoms with E-state index in [4.69, 9.17) is 10.2 Å². The van der Waals surface area contributed by atoms with Gasteiger partial charge in [0.05, 0.1) is 5.56 Å². The van der Waals surface area contributed by atoms with Crippen molar-refractivity contribution in [2.45, 2.75) is 6.92 Å². The number of furan rings is 1. The SMILES string of the molecule is Cc1ccc(-c2nc(C(=O)Nc3ccc(F)c(C(N)=O)c3)cs2)o1. The standard InChI is InChI=1S/C16H12FN3O3S/c1-8-2-5-13(23-8)16-20-12(7-24-16)15(22)19-9-3-4-11(17)10(6-9)14(18)21/h2-7H,1H3,(H2,18,21)(H,19,22). The number of nitrogens with zero attached hydrogens (tertiary/aromatic N) is 1. The molecule has 3 N–H and O–H groups in total. The van der Waals surface area contributed by atoms with Crippen LogP contribution >= 0.6 is 11.3 Å². The smallest absolute Gasteiger partial charge is 0.275 e. The fourth-order valence-electron chi connectivity index (χ4n) is 2.03. The second-order valence-corrected chi connectivity index (χ2v) is 5.82. The largest absolute Gasteiger partial charge is 0.459 e. The lowest BCUT2D eigenvalue weighted by Gasteiger charge is -2.05. The second-order valence-electron chi connectivity index (χ2n) is 4.96. The molecule has 8 heteroatoms. The highest BCUT2D eigenvalue weighted by Crippen LogP contribution is 2.26. The average Bonchev–Trinajstić information content (AvgIpc) is 3.17. The predicted octanol–water partition coefficient (Wildman–Crippen LogP) is 3.20. The maximum absolute atomic E-state index is 13.4. The Kier molecular flexibility index (Phi) is 4.13. The highest BCUT2D eigenvalue weighted by molar-refractivity contribution is 7.13. The number of nitrogens with one attached hydrogen (secondary N) is 1. The lowest BCUT2D eigenvalue weighted by atomic mass is 10.1. The van der Waals surface area contributed by atoms with Gasteiger partial charge in [-0.2, -0.15) is 0 Å². The van der Waals surface area contributed by atoms with Crippen LogP contribution < -0.4 is 11.1 Å². The van der Waals surface area contributed by atoms with E-state index >= 15 is 0 Å². The van der Waals surface area contributed by atoms with Gasteiger partial charge in [-0.15, -0.1) is 11.3 Å². The molecule has 3 rings (SSSR count). The molecule has 2 amide bonds. The number of halogens is 1. The Balaban J connectivity index is 1.79. The van der Waals surface area contributed by atoms with Crippen molar-refractivity contribution in [2.75, 3.05) is 5.32 Å². The molecule has 24 heavy (non-hydrogen) atoms. The number of aryl methyl sites for hydroxylation is 1. The van der Waals surface area contributed by atoms with Crippen LogP contribution in [-0.4, -0.2) is 16.8 Å². The Bertz CT molecular complexity index is 932. The molecule has 122 valence electrons. The lowest BCUT2D eigenvalue weighted by molar-refractivity contribution is 0.0992. The normalized spacial score (nSPS) is 10.6. The first-order valence-electron chi connectivity index (χ1n) is 6.87. The Morgan fingerprint density at radius 3 is 2.75 bits per heavy atom. The number of nitrogens with two attached hydrogens (primary N) is 1. The van der Waals surface area contributed by atoms with Crippen molar-refractivity contribution in [3.05, 3.63) is 58.5 Å². The summed E-state index contributed by atoms with van der Waals surface area (Å²) in [6.07, 6.45) is 0. The third kappa shape index (κ3) is 3.18. The predicted molar refractivity (Wildman–Crippen MR) is 87.4 cm³/mol. The fraction of sp³-hybridized carbons (Fsp3) is 0.0625. The Hall–Kier alpha value is -3.00. The Morgan fingerprint density at radius 2 is 2.08 bits per heavy atom. The molecule has 1 aromatic carbocycles. The van der Waals surface area contributed by atoms with Crippen LogP contribution in [0.4, 0.5) is 10.1 Å². The molecule has 0 bridgehead atoms. The van der Waals surface area contributed by atoms with Crippen molar-refractivity contribution in [3.8, 4) is 10.8 Å². The third-order valence-electron chi connectivity index (χ3n) is 3.18. The average molecular weight is 345 g/mol. The van der Waals surface area contributed by atoms with E-state index in [9.17, 15) is 14.0 Å². The molecule has 0 aliphatic heterocycles. The molecule has 0 saturated heterocycles. The number of rotatable bonds is 4. The molecule has 0 saturated carbocycles. The van der Waals surface area contributed by atoms with E-state index in [2.05, 4.69) is 10.3 Å². The summed E-state index contributed by atoms with van der Waals surface area (Å²) in [6, 6.07) is 7.16. The second kappa shape index (κ2) is 6.25. The number of primary amides is 1. The molecule has 0 spiro atoms. The van der Waals surface area contributed by atoms with E-state index in [0.29, 0.717) is 10.8 Å². The number of anilines is 1. The summed E-state index contributed by atoms with van der Waals surface area (Å²) in [7, 11) is 0. The van der Waals surface area contributed by atoms with Gasteiger partial charge in [-0.3, -0.25) is 9.59 Å². The molecule has 2 aromatic heterocycles. The molecule has 0 unspecified atom stereocenters. The minimum atomic E-state index is -0.910. The van der Waals surface area contributed by atoms with Gasteiger partial charge in [0.2, 0.25) is 0 Å². The lowest BCUT2D eigenvalue weighted by Crippen LogP contribution is -2.16. The minimum Gasteiger partial charge on any atom is -0.459 e. The first-order chi connectivity index (χ1) is 11.4. The van der Waals surface area contributed by atoms with E-state index in [1.807, 2.05) is 6.92 Å². The maximum atomic E-state index is 13.4. The van der Waals surface area contributed by atoms with E-state index in [1.54, 1.807) is 17.5 Å². The van der Waals surface area contributed by atoms with Gasteiger partial charge in [-0.05, 0) is 37.3 Å². The van der Waals surface area contributed by atoms with Gasteiger partial charge in [-0.1, -0.05) is 0 Å². The molecular weight excluding hydrogens is 333 g/mol. The molecule has 2 heterocycles. The number of amides is 2. The van der Waals surface area contributed by atoms with Crippen LogP contribution in [0, 0.1) is 12.7 Å². The van der Waals surface area contributed by atoms with E-state index in [-0.39, 0.29) is 16.9 Å².